The van der Waals surface area contributed by atoms with E-state index in [4.69, 9.17) is 0 Å². The molecule has 0 atom stereocenters. The third-order valence-corrected chi connectivity index (χ3v) is 4.18. The molecule has 1 radical (unpaired) electrons. The summed E-state index contributed by atoms with van der Waals surface area (Å²) in [5.74, 6) is 0.295. The number of aromatic hydroxyl groups is 1. The van der Waals surface area contributed by atoms with Gasteiger partial charge in [0, 0.05) is 38.1 Å². The van der Waals surface area contributed by atoms with Gasteiger partial charge in [0.1, 0.15) is 5.75 Å². The number of hydrogen-bond acceptors (Lipinski definition) is 2. The van der Waals surface area contributed by atoms with Gasteiger partial charge in [-0.25, -0.2) is 0 Å². The molecule has 2 aromatic carbocycles. The van der Waals surface area contributed by atoms with Crippen LogP contribution in [0.5, 0.6) is 5.75 Å². The molecule has 1 aliphatic carbocycles. The number of carbonyl (C=O) groups excluding carboxylic acids is 1. The summed E-state index contributed by atoms with van der Waals surface area (Å²) in [6.45, 7) is 0. The van der Waals surface area contributed by atoms with E-state index in [-0.39, 0.29) is 38.1 Å². The van der Waals surface area contributed by atoms with Crippen molar-refractivity contribution in [3.05, 3.63) is 65.2 Å². The van der Waals surface area contributed by atoms with Crippen molar-refractivity contribution in [1.82, 2.24) is 0 Å². The topological polar surface area (TPSA) is 37.3 Å². The molecule has 2 nitrogen and oxygen atoms in total. The van der Waals surface area contributed by atoms with Crippen LogP contribution in [-0.2, 0) is 42.9 Å². The first-order valence-electron chi connectivity index (χ1n) is 6.53. The van der Waals surface area contributed by atoms with E-state index < -0.39 is 0 Å². The molecule has 0 saturated heterocycles. The van der Waals surface area contributed by atoms with Crippen molar-refractivity contribution in [2.24, 2.45) is 0 Å². The standard InChI is InChI=1S/C17H15O2.Y/c18-12-13-2-4-14(5-3-13)17(10-1-11-17)15-6-8-16(19)9-7-15;/h2-9,19H,1,10-11H2;/q-1;. The molecule has 0 spiro atoms. The fourth-order valence-corrected chi connectivity index (χ4v) is 2.91. The van der Waals surface area contributed by atoms with Gasteiger partial charge in [0.2, 0.25) is 0 Å². The third kappa shape index (κ3) is 2.59. The van der Waals surface area contributed by atoms with Gasteiger partial charge in [-0.1, -0.05) is 24.1 Å². The molecule has 0 aliphatic heterocycles. The molecule has 0 aromatic heterocycles. The fourth-order valence-electron chi connectivity index (χ4n) is 2.91. The molecule has 0 unspecified atom stereocenters. The van der Waals surface area contributed by atoms with Crippen molar-refractivity contribution >= 4 is 6.29 Å². The Balaban J connectivity index is 0.00000147. The zero-order chi connectivity index (χ0) is 13.3. The summed E-state index contributed by atoms with van der Waals surface area (Å²) in [6, 6.07) is 15.2. The molecule has 3 rings (SSSR count). The predicted molar refractivity (Wildman–Crippen MR) is 74.0 cm³/mol. The average molecular weight is 340 g/mol. The summed E-state index contributed by atoms with van der Waals surface area (Å²) in [5.41, 5.74) is 3.11. The van der Waals surface area contributed by atoms with Crippen LogP contribution in [-0.4, -0.2) is 11.4 Å². The maximum atomic E-state index is 10.6. The first kappa shape index (κ1) is 15.4. The molecule has 0 amide bonds. The summed E-state index contributed by atoms with van der Waals surface area (Å²) in [7, 11) is 0. The number of benzene rings is 2. The van der Waals surface area contributed by atoms with Gasteiger partial charge in [0.25, 0.3) is 0 Å². The van der Waals surface area contributed by atoms with E-state index >= 15 is 0 Å². The SMILES string of the molecule is O=[C-]c1ccc(C2(c3ccc(O)cc3)CCC2)cc1.[Y]. The van der Waals surface area contributed by atoms with E-state index in [2.05, 4.69) is 0 Å². The molecule has 1 fully saturated rings. The van der Waals surface area contributed by atoms with E-state index in [1.165, 1.54) is 17.5 Å². The maximum Gasteiger partial charge on any atom is 0.115 e. The van der Waals surface area contributed by atoms with Crippen LogP contribution in [0.2, 0.25) is 0 Å². The van der Waals surface area contributed by atoms with E-state index in [9.17, 15) is 9.90 Å². The van der Waals surface area contributed by atoms with Crippen LogP contribution >= 0.6 is 0 Å². The molecule has 20 heavy (non-hydrogen) atoms. The summed E-state index contributed by atoms with van der Waals surface area (Å²) in [6.07, 6.45) is 5.34. The van der Waals surface area contributed by atoms with Crippen LogP contribution in [0.15, 0.2) is 48.5 Å². The van der Waals surface area contributed by atoms with E-state index in [0.29, 0.717) is 11.3 Å². The van der Waals surface area contributed by atoms with Crippen molar-refractivity contribution in [1.29, 1.82) is 0 Å². The molecule has 1 aliphatic rings. The van der Waals surface area contributed by atoms with E-state index in [1.54, 1.807) is 12.1 Å². The summed E-state index contributed by atoms with van der Waals surface area (Å²) in [5, 5.41) is 9.41. The minimum Gasteiger partial charge on any atom is -0.508 e. The summed E-state index contributed by atoms with van der Waals surface area (Å²) < 4.78 is 0. The van der Waals surface area contributed by atoms with E-state index in [0.717, 1.165) is 12.8 Å². The van der Waals surface area contributed by atoms with Gasteiger partial charge in [-0.15, -0.1) is 12.1 Å². The Morgan fingerprint density at radius 1 is 0.900 bits per heavy atom. The Morgan fingerprint density at radius 3 is 1.80 bits per heavy atom. The minimum atomic E-state index is 0. The van der Waals surface area contributed by atoms with E-state index in [1.807, 2.05) is 42.7 Å². The van der Waals surface area contributed by atoms with Crippen molar-refractivity contribution in [3.63, 3.8) is 0 Å². The largest absolute Gasteiger partial charge is 0.508 e. The molecule has 99 valence electrons. The zero-order valence-electron chi connectivity index (χ0n) is 11.2. The quantitative estimate of drug-likeness (QED) is 0.871. The normalized spacial score (nSPS) is 15.8. The van der Waals surface area contributed by atoms with Gasteiger partial charge < -0.3 is 9.90 Å². The second-order valence-electron chi connectivity index (χ2n) is 5.16. The second-order valence-corrected chi connectivity index (χ2v) is 5.16. The van der Waals surface area contributed by atoms with Crippen LogP contribution in [0.3, 0.4) is 0 Å². The van der Waals surface area contributed by atoms with Crippen molar-refractivity contribution < 1.29 is 42.6 Å². The fraction of sp³-hybridized carbons (Fsp3) is 0.235. The van der Waals surface area contributed by atoms with Gasteiger partial charge in [0.15, 0.2) is 0 Å². The first-order chi connectivity index (χ1) is 9.24. The van der Waals surface area contributed by atoms with Gasteiger partial charge in [-0.3, -0.25) is 0 Å². The van der Waals surface area contributed by atoms with Crippen molar-refractivity contribution in [2.75, 3.05) is 0 Å². The Hall–Kier alpha value is -0.986. The average Bonchev–Trinajstić information content (AvgIpc) is 2.40. The number of phenolic OH excluding ortho intramolecular Hbond substituents is 1. The van der Waals surface area contributed by atoms with Gasteiger partial charge in [-0.2, -0.15) is 17.7 Å². The maximum absolute atomic E-state index is 10.6. The van der Waals surface area contributed by atoms with Gasteiger partial charge in [0.05, 0.1) is 6.29 Å². The smallest absolute Gasteiger partial charge is 0.115 e. The Kier molecular flexibility index (Phi) is 4.77. The van der Waals surface area contributed by atoms with Crippen molar-refractivity contribution in [2.45, 2.75) is 24.7 Å². The Labute approximate surface area is 144 Å². The zero-order valence-corrected chi connectivity index (χ0v) is 14.0. The van der Waals surface area contributed by atoms with Gasteiger partial charge >= 0.3 is 0 Å². The minimum absolute atomic E-state index is 0. The Bertz CT molecular complexity index is 583. The van der Waals surface area contributed by atoms with Crippen LogP contribution in [0.1, 0.15) is 36.0 Å². The second kappa shape index (κ2) is 6.19. The molecule has 2 aromatic rings. The number of rotatable bonds is 3. The first-order valence-corrected chi connectivity index (χ1v) is 6.53. The molecular formula is C17H15O2Y-. The van der Waals surface area contributed by atoms with Crippen LogP contribution in [0.4, 0.5) is 0 Å². The molecule has 0 heterocycles. The number of phenols is 1. The third-order valence-electron chi connectivity index (χ3n) is 4.18. The molecule has 3 heteroatoms. The molecule has 1 saturated carbocycles. The molecular weight excluding hydrogens is 325 g/mol. The van der Waals surface area contributed by atoms with Crippen LogP contribution < -0.4 is 0 Å². The van der Waals surface area contributed by atoms with Crippen LogP contribution in [0, 0.1) is 0 Å². The summed E-state index contributed by atoms with van der Waals surface area (Å²) in [4.78, 5) is 10.6. The Morgan fingerprint density at radius 2 is 1.40 bits per heavy atom. The molecule has 1 N–H and O–H groups in total. The predicted octanol–water partition coefficient (Wildman–Crippen LogP) is 3.32. The monoisotopic (exact) mass is 340 g/mol. The van der Waals surface area contributed by atoms with Crippen molar-refractivity contribution in [3.8, 4) is 5.75 Å². The number of hydrogen-bond donors (Lipinski definition) is 1. The summed E-state index contributed by atoms with van der Waals surface area (Å²) >= 11 is 0. The van der Waals surface area contributed by atoms with Crippen LogP contribution in [0.25, 0.3) is 0 Å². The van der Waals surface area contributed by atoms with Gasteiger partial charge in [-0.05, 0) is 30.5 Å². The molecule has 0 bridgehead atoms.